The van der Waals surface area contributed by atoms with E-state index < -0.39 is 0 Å². The van der Waals surface area contributed by atoms with Crippen LogP contribution < -0.4 is 0 Å². The molecule has 5 aromatic rings. The van der Waals surface area contributed by atoms with Crippen molar-refractivity contribution in [1.82, 2.24) is 4.98 Å². The van der Waals surface area contributed by atoms with Crippen molar-refractivity contribution in [2.75, 3.05) is 0 Å². The van der Waals surface area contributed by atoms with Crippen LogP contribution in [0, 0.1) is 0 Å². The first-order chi connectivity index (χ1) is 17.5. The van der Waals surface area contributed by atoms with E-state index in [2.05, 4.69) is 59.0 Å². The summed E-state index contributed by atoms with van der Waals surface area (Å²) in [6.45, 7) is 4.41. The lowest BCUT2D eigenvalue weighted by molar-refractivity contribution is 0.471. The molecule has 4 aromatic carbocycles. The van der Waals surface area contributed by atoms with E-state index in [9.17, 15) is 5.11 Å². The fraction of sp³-hybridized carbons (Fsp3) is 0.161. The lowest BCUT2D eigenvalue weighted by atomic mass is 9.98. The summed E-state index contributed by atoms with van der Waals surface area (Å²) >= 11 is 3.47. The van der Waals surface area contributed by atoms with Gasteiger partial charge in [-0.2, -0.15) is 0 Å². The molecule has 0 fully saturated rings. The summed E-state index contributed by atoms with van der Waals surface area (Å²) in [6, 6.07) is 28.2. The second kappa shape index (κ2) is 10.5. The number of aromatic nitrogens is 1. The number of aliphatic imine (C=N–C) groups is 1. The maximum Gasteiger partial charge on any atom is 0.227 e. The molecule has 36 heavy (non-hydrogen) atoms. The van der Waals surface area contributed by atoms with Gasteiger partial charge in [-0.3, -0.25) is 4.99 Å². The van der Waals surface area contributed by atoms with Crippen LogP contribution in [-0.4, -0.2) is 16.3 Å². The molecule has 0 aliphatic rings. The second-order valence-electron chi connectivity index (χ2n) is 9.04. The van der Waals surface area contributed by atoms with Gasteiger partial charge in [0.25, 0.3) is 0 Å². The third kappa shape index (κ3) is 5.26. The minimum absolute atomic E-state index is 0.176. The first-order valence-electron chi connectivity index (χ1n) is 12.1. The second-order valence-corrected chi connectivity index (χ2v) is 9.89. The predicted octanol–water partition coefficient (Wildman–Crippen LogP) is 8.82. The molecule has 0 spiro atoms. The lowest BCUT2D eigenvalue weighted by Crippen LogP contribution is -1.92. The molecule has 4 nitrogen and oxygen atoms in total. The van der Waals surface area contributed by atoms with Crippen molar-refractivity contribution in [3.63, 3.8) is 0 Å². The maximum absolute atomic E-state index is 10.5. The third-order valence-corrected chi connectivity index (χ3v) is 7.07. The van der Waals surface area contributed by atoms with Gasteiger partial charge in [0.1, 0.15) is 11.3 Å². The molecule has 0 aliphatic carbocycles. The molecular weight excluding hydrogens is 512 g/mol. The van der Waals surface area contributed by atoms with Gasteiger partial charge < -0.3 is 9.52 Å². The van der Waals surface area contributed by atoms with Crippen molar-refractivity contribution in [3.05, 3.63) is 112 Å². The summed E-state index contributed by atoms with van der Waals surface area (Å²) < 4.78 is 6.65. The average Bonchev–Trinajstić information content (AvgIpc) is 3.34. The molecule has 0 bridgehead atoms. The number of benzene rings is 4. The smallest absolute Gasteiger partial charge is 0.227 e. The Hall–Kier alpha value is -3.70. The topological polar surface area (TPSA) is 58.6 Å². The van der Waals surface area contributed by atoms with Crippen molar-refractivity contribution in [2.45, 2.75) is 32.6 Å². The van der Waals surface area contributed by atoms with Gasteiger partial charge in [0.05, 0.1) is 10.2 Å². The Balaban J connectivity index is 1.35. The lowest BCUT2D eigenvalue weighted by Gasteiger charge is -2.07. The number of nitrogens with zero attached hydrogens (tertiary/aromatic N) is 2. The van der Waals surface area contributed by atoms with E-state index in [4.69, 9.17) is 9.40 Å². The first-order valence-corrected chi connectivity index (χ1v) is 12.9. The van der Waals surface area contributed by atoms with E-state index in [1.807, 2.05) is 60.7 Å². The number of hydrogen-bond donors (Lipinski definition) is 1. The molecule has 0 saturated carbocycles. The number of rotatable bonds is 7. The number of hydrogen-bond acceptors (Lipinski definition) is 4. The SMILES string of the molecule is CC[C@H](C)c1ccc2oc(-c3ccc(N=Cc4cc(Cc5ccccc5)cc(Br)c4O)cc3)nc2c1. The summed E-state index contributed by atoms with van der Waals surface area (Å²) in [4.78, 5) is 9.29. The van der Waals surface area contributed by atoms with Gasteiger partial charge in [-0.15, -0.1) is 0 Å². The quantitative estimate of drug-likeness (QED) is 0.210. The zero-order chi connectivity index (χ0) is 25.1. The van der Waals surface area contributed by atoms with Gasteiger partial charge in [0.2, 0.25) is 5.89 Å². The Morgan fingerprint density at radius 1 is 0.972 bits per heavy atom. The normalized spacial score (nSPS) is 12.4. The molecule has 5 heteroatoms. The highest BCUT2D eigenvalue weighted by molar-refractivity contribution is 9.10. The zero-order valence-corrected chi connectivity index (χ0v) is 21.9. The molecule has 0 aliphatic heterocycles. The molecule has 5 rings (SSSR count). The van der Waals surface area contributed by atoms with Gasteiger partial charge in [-0.05, 0) is 99.9 Å². The molecule has 0 saturated heterocycles. The van der Waals surface area contributed by atoms with Crippen molar-refractivity contribution in [1.29, 1.82) is 0 Å². The van der Waals surface area contributed by atoms with Crippen molar-refractivity contribution in [2.24, 2.45) is 4.99 Å². The van der Waals surface area contributed by atoms with E-state index in [1.165, 1.54) is 11.1 Å². The highest BCUT2D eigenvalue weighted by Gasteiger charge is 2.11. The van der Waals surface area contributed by atoms with Crippen LogP contribution in [0.1, 0.15) is 48.4 Å². The summed E-state index contributed by atoms with van der Waals surface area (Å²) in [5.74, 6) is 1.26. The Kier molecular flexibility index (Phi) is 7.01. The Bertz CT molecular complexity index is 1520. The monoisotopic (exact) mass is 538 g/mol. The van der Waals surface area contributed by atoms with Crippen molar-refractivity contribution >= 4 is 38.9 Å². The average molecular weight is 539 g/mol. The van der Waals surface area contributed by atoms with Gasteiger partial charge in [0, 0.05) is 17.3 Å². The first kappa shape index (κ1) is 24.0. The molecule has 0 radical (unpaired) electrons. The van der Waals surface area contributed by atoms with Crippen molar-refractivity contribution in [3.8, 4) is 17.2 Å². The van der Waals surface area contributed by atoms with E-state index in [0.29, 0.717) is 21.8 Å². The summed E-state index contributed by atoms with van der Waals surface area (Å²) in [7, 11) is 0. The summed E-state index contributed by atoms with van der Waals surface area (Å²) in [6.07, 6.45) is 3.56. The van der Waals surface area contributed by atoms with Crippen LogP contribution in [-0.2, 0) is 6.42 Å². The van der Waals surface area contributed by atoms with Crippen LogP contribution in [0.2, 0.25) is 0 Å². The number of fused-ring (bicyclic) bond motifs is 1. The Morgan fingerprint density at radius 3 is 2.50 bits per heavy atom. The number of oxazole rings is 1. The molecule has 1 heterocycles. The van der Waals surface area contributed by atoms with Crippen LogP contribution in [0.3, 0.4) is 0 Å². The number of phenols is 1. The van der Waals surface area contributed by atoms with Gasteiger partial charge in [-0.1, -0.05) is 50.2 Å². The molecule has 0 unspecified atom stereocenters. The van der Waals surface area contributed by atoms with Gasteiger partial charge in [0.15, 0.2) is 5.58 Å². The fourth-order valence-electron chi connectivity index (χ4n) is 4.16. The molecule has 1 atom stereocenters. The molecular formula is C31H27BrN2O2. The van der Waals surface area contributed by atoms with Crippen molar-refractivity contribution < 1.29 is 9.52 Å². The Morgan fingerprint density at radius 2 is 1.75 bits per heavy atom. The number of halogens is 1. The maximum atomic E-state index is 10.5. The van der Waals surface area contributed by atoms with Gasteiger partial charge in [-0.25, -0.2) is 4.98 Å². The van der Waals surface area contributed by atoms with Crippen LogP contribution in [0.15, 0.2) is 98.8 Å². The van der Waals surface area contributed by atoms with Crippen LogP contribution in [0.4, 0.5) is 5.69 Å². The van der Waals surface area contributed by atoms with E-state index in [0.717, 1.165) is 40.8 Å². The largest absolute Gasteiger partial charge is 0.506 e. The zero-order valence-electron chi connectivity index (χ0n) is 20.3. The fourth-order valence-corrected chi connectivity index (χ4v) is 4.68. The van der Waals surface area contributed by atoms with Crippen LogP contribution in [0.25, 0.3) is 22.6 Å². The summed E-state index contributed by atoms with van der Waals surface area (Å²) in [5.41, 5.74) is 7.58. The van der Waals surface area contributed by atoms with Crippen LogP contribution >= 0.6 is 15.9 Å². The Labute approximate surface area is 219 Å². The highest BCUT2D eigenvalue weighted by Crippen LogP contribution is 2.31. The minimum Gasteiger partial charge on any atom is -0.506 e. The van der Waals surface area contributed by atoms with Crippen LogP contribution in [0.5, 0.6) is 5.75 Å². The molecule has 1 N–H and O–H groups in total. The summed E-state index contributed by atoms with van der Waals surface area (Å²) in [5, 5.41) is 10.5. The molecule has 0 amide bonds. The van der Waals surface area contributed by atoms with Gasteiger partial charge >= 0.3 is 0 Å². The van der Waals surface area contributed by atoms with E-state index >= 15 is 0 Å². The number of phenolic OH excluding ortho intramolecular Hbond substituents is 1. The van der Waals surface area contributed by atoms with E-state index in [1.54, 1.807) is 6.21 Å². The van der Waals surface area contributed by atoms with E-state index in [-0.39, 0.29) is 5.75 Å². The number of aromatic hydroxyl groups is 1. The molecule has 180 valence electrons. The molecule has 1 aromatic heterocycles. The minimum atomic E-state index is 0.176. The third-order valence-electron chi connectivity index (χ3n) is 6.46. The standard InChI is InChI=1S/C31H27BrN2O2/c1-3-20(2)24-11-14-29-28(18-24)34-31(36-29)23-9-12-26(13-10-23)33-19-25-16-22(17-27(32)30(25)35)15-21-7-5-4-6-8-21/h4-14,16-20,35H,3,15H2,1-2H3/t20-/m0/s1. The predicted molar refractivity (Wildman–Crippen MR) is 150 cm³/mol. The highest BCUT2D eigenvalue weighted by atomic mass is 79.9.